The molecule has 0 fully saturated rings. The second-order valence-corrected chi connectivity index (χ2v) is 5.06. The number of para-hydroxylation sites is 1. The van der Waals surface area contributed by atoms with Gasteiger partial charge in [-0.15, -0.1) is 0 Å². The third-order valence-corrected chi connectivity index (χ3v) is 3.52. The van der Waals surface area contributed by atoms with Crippen molar-refractivity contribution in [2.45, 2.75) is 12.8 Å². The van der Waals surface area contributed by atoms with Crippen LogP contribution in [0.3, 0.4) is 0 Å². The molecule has 108 valence electrons. The molecule has 20 heavy (non-hydrogen) atoms. The molecule has 0 aliphatic rings. The van der Waals surface area contributed by atoms with E-state index in [0.717, 1.165) is 32.5 Å². The van der Waals surface area contributed by atoms with Gasteiger partial charge < -0.3 is 10.2 Å². The molecule has 2 aromatic rings. The van der Waals surface area contributed by atoms with Crippen LogP contribution in [0.25, 0.3) is 0 Å². The summed E-state index contributed by atoms with van der Waals surface area (Å²) in [7, 11) is 4.13. The first-order valence-corrected chi connectivity index (χ1v) is 7.21. The SMILES string of the molecule is CN(CCCNCCc1ccnn1C)c1ccccc1. The smallest absolute Gasteiger partial charge is 0.0492 e. The Labute approximate surface area is 121 Å². The Morgan fingerprint density at radius 1 is 1.15 bits per heavy atom. The molecule has 0 spiro atoms. The lowest BCUT2D eigenvalue weighted by Gasteiger charge is -2.19. The first-order valence-electron chi connectivity index (χ1n) is 7.21. The molecule has 0 amide bonds. The summed E-state index contributed by atoms with van der Waals surface area (Å²) in [5.41, 5.74) is 2.56. The summed E-state index contributed by atoms with van der Waals surface area (Å²) in [6.45, 7) is 3.13. The highest BCUT2D eigenvalue weighted by Crippen LogP contribution is 2.10. The molecular formula is C16H24N4. The number of nitrogens with zero attached hydrogens (tertiary/aromatic N) is 3. The van der Waals surface area contributed by atoms with Gasteiger partial charge in [0.05, 0.1) is 0 Å². The second kappa shape index (κ2) is 7.70. The maximum atomic E-state index is 4.17. The number of rotatable bonds is 8. The van der Waals surface area contributed by atoms with Crippen LogP contribution in [-0.4, -0.2) is 36.5 Å². The first-order chi connectivity index (χ1) is 9.77. The molecule has 0 radical (unpaired) electrons. The number of aromatic nitrogens is 2. The van der Waals surface area contributed by atoms with Crippen molar-refractivity contribution in [1.82, 2.24) is 15.1 Å². The van der Waals surface area contributed by atoms with E-state index in [9.17, 15) is 0 Å². The van der Waals surface area contributed by atoms with Crippen molar-refractivity contribution in [2.24, 2.45) is 7.05 Å². The minimum absolute atomic E-state index is 1.01. The molecule has 1 aromatic heterocycles. The molecular weight excluding hydrogens is 248 g/mol. The highest BCUT2D eigenvalue weighted by molar-refractivity contribution is 5.44. The average molecular weight is 272 g/mol. The molecule has 1 aromatic carbocycles. The number of benzene rings is 1. The normalized spacial score (nSPS) is 10.7. The second-order valence-electron chi connectivity index (χ2n) is 5.06. The Balaban J connectivity index is 1.57. The van der Waals surface area contributed by atoms with Crippen molar-refractivity contribution in [1.29, 1.82) is 0 Å². The van der Waals surface area contributed by atoms with E-state index in [0.29, 0.717) is 0 Å². The zero-order valence-electron chi connectivity index (χ0n) is 12.4. The fourth-order valence-electron chi connectivity index (χ4n) is 2.24. The van der Waals surface area contributed by atoms with E-state index in [4.69, 9.17) is 0 Å². The van der Waals surface area contributed by atoms with Gasteiger partial charge in [0.1, 0.15) is 0 Å². The zero-order chi connectivity index (χ0) is 14.2. The predicted molar refractivity (Wildman–Crippen MR) is 84.1 cm³/mol. The molecule has 0 unspecified atom stereocenters. The molecule has 0 aliphatic heterocycles. The maximum absolute atomic E-state index is 4.17. The van der Waals surface area contributed by atoms with E-state index in [1.54, 1.807) is 0 Å². The van der Waals surface area contributed by atoms with Crippen LogP contribution in [0.15, 0.2) is 42.6 Å². The van der Waals surface area contributed by atoms with Crippen molar-refractivity contribution in [3.63, 3.8) is 0 Å². The monoisotopic (exact) mass is 272 g/mol. The predicted octanol–water partition coefficient (Wildman–Crippen LogP) is 2.08. The van der Waals surface area contributed by atoms with Crippen LogP contribution in [-0.2, 0) is 13.5 Å². The van der Waals surface area contributed by atoms with Crippen LogP contribution in [0.4, 0.5) is 5.69 Å². The van der Waals surface area contributed by atoms with E-state index in [1.165, 1.54) is 11.4 Å². The van der Waals surface area contributed by atoms with Gasteiger partial charge in [0, 0.05) is 51.2 Å². The minimum atomic E-state index is 1.01. The molecule has 0 atom stereocenters. The van der Waals surface area contributed by atoms with Crippen LogP contribution in [0.5, 0.6) is 0 Å². The lowest BCUT2D eigenvalue weighted by Crippen LogP contribution is -2.25. The summed E-state index contributed by atoms with van der Waals surface area (Å²) < 4.78 is 1.94. The zero-order valence-corrected chi connectivity index (χ0v) is 12.4. The summed E-state index contributed by atoms with van der Waals surface area (Å²) >= 11 is 0. The molecule has 4 heteroatoms. The summed E-state index contributed by atoms with van der Waals surface area (Å²) in [4.78, 5) is 2.29. The van der Waals surface area contributed by atoms with Gasteiger partial charge >= 0.3 is 0 Å². The largest absolute Gasteiger partial charge is 0.375 e. The van der Waals surface area contributed by atoms with Crippen molar-refractivity contribution in [3.8, 4) is 0 Å². The van der Waals surface area contributed by atoms with Crippen molar-refractivity contribution < 1.29 is 0 Å². The Morgan fingerprint density at radius 2 is 1.95 bits per heavy atom. The molecule has 0 aliphatic carbocycles. The highest BCUT2D eigenvalue weighted by Gasteiger charge is 2.00. The third kappa shape index (κ3) is 4.38. The maximum Gasteiger partial charge on any atom is 0.0492 e. The van der Waals surface area contributed by atoms with E-state index in [-0.39, 0.29) is 0 Å². The van der Waals surface area contributed by atoms with Crippen molar-refractivity contribution >= 4 is 5.69 Å². The van der Waals surface area contributed by atoms with Gasteiger partial charge in [-0.25, -0.2) is 0 Å². The number of anilines is 1. The molecule has 0 bridgehead atoms. The van der Waals surface area contributed by atoms with E-state index < -0.39 is 0 Å². The lowest BCUT2D eigenvalue weighted by atomic mass is 10.2. The Kier molecular flexibility index (Phi) is 5.62. The van der Waals surface area contributed by atoms with Crippen LogP contribution in [0.2, 0.25) is 0 Å². The van der Waals surface area contributed by atoms with Crippen LogP contribution < -0.4 is 10.2 Å². The molecule has 0 saturated heterocycles. The quantitative estimate of drug-likeness (QED) is 0.747. The Bertz CT molecular complexity index is 492. The molecule has 1 N–H and O–H groups in total. The van der Waals surface area contributed by atoms with Gasteiger partial charge in [-0.2, -0.15) is 5.10 Å². The van der Waals surface area contributed by atoms with Gasteiger partial charge in [-0.3, -0.25) is 4.68 Å². The molecule has 4 nitrogen and oxygen atoms in total. The molecule has 1 heterocycles. The number of hydrogen-bond donors (Lipinski definition) is 1. The Hall–Kier alpha value is -1.81. The Morgan fingerprint density at radius 3 is 2.65 bits per heavy atom. The van der Waals surface area contributed by atoms with E-state index in [1.807, 2.05) is 17.9 Å². The van der Waals surface area contributed by atoms with Gasteiger partial charge in [0.25, 0.3) is 0 Å². The summed E-state index contributed by atoms with van der Waals surface area (Å²) in [6, 6.07) is 12.6. The third-order valence-electron chi connectivity index (χ3n) is 3.52. The summed E-state index contributed by atoms with van der Waals surface area (Å²) in [5.74, 6) is 0. The first kappa shape index (κ1) is 14.6. The molecule has 0 saturated carbocycles. The fraction of sp³-hybridized carbons (Fsp3) is 0.438. The highest BCUT2D eigenvalue weighted by atomic mass is 15.3. The van der Waals surface area contributed by atoms with E-state index >= 15 is 0 Å². The summed E-state index contributed by atoms with van der Waals surface area (Å²) in [5, 5.41) is 7.66. The van der Waals surface area contributed by atoms with Gasteiger partial charge in [-0.05, 0) is 31.2 Å². The molecule has 2 rings (SSSR count). The van der Waals surface area contributed by atoms with Crippen LogP contribution in [0.1, 0.15) is 12.1 Å². The van der Waals surface area contributed by atoms with Crippen molar-refractivity contribution in [3.05, 3.63) is 48.3 Å². The van der Waals surface area contributed by atoms with Crippen molar-refractivity contribution in [2.75, 3.05) is 31.6 Å². The summed E-state index contributed by atoms with van der Waals surface area (Å²) in [6.07, 6.45) is 4.03. The van der Waals surface area contributed by atoms with E-state index in [2.05, 4.69) is 58.8 Å². The van der Waals surface area contributed by atoms with Crippen LogP contribution >= 0.6 is 0 Å². The van der Waals surface area contributed by atoms with Gasteiger partial charge in [0.15, 0.2) is 0 Å². The topological polar surface area (TPSA) is 33.1 Å². The number of nitrogens with one attached hydrogen (secondary N) is 1. The number of aryl methyl sites for hydroxylation is 1. The van der Waals surface area contributed by atoms with Crippen LogP contribution in [0, 0.1) is 0 Å². The van der Waals surface area contributed by atoms with Gasteiger partial charge in [0.2, 0.25) is 0 Å². The minimum Gasteiger partial charge on any atom is -0.375 e. The fourth-order valence-corrected chi connectivity index (χ4v) is 2.24. The standard InChI is InChI=1S/C16H24N4/c1-19(15-7-4-3-5-8-15)14-6-11-17-12-9-16-10-13-18-20(16)2/h3-5,7-8,10,13,17H,6,9,11-12,14H2,1-2H3. The van der Waals surface area contributed by atoms with Gasteiger partial charge in [-0.1, -0.05) is 18.2 Å². The average Bonchev–Trinajstić information content (AvgIpc) is 2.89. The number of hydrogen-bond acceptors (Lipinski definition) is 3. The lowest BCUT2D eigenvalue weighted by molar-refractivity contribution is 0.621.